The number of pyridine rings is 1. The highest BCUT2D eigenvalue weighted by Gasteiger charge is 2.38. The van der Waals surface area contributed by atoms with Gasteiger partial charge in [-0.2, -0.15) is 13.2 Å². The molecule has 1 aromatic heterocycles. The molecule has 2 heterocycles. The highest BCUT2D eigenvalue weighted by molar-refractivity contribution is 5.82. The quantitative estimate of drug-likeness (QED) is 0.415. The maximum absolute atomic E-state index is 10.7. The Morgan fingerprint density at radius 1 is 1.12 bits per heavy atom. The number of ether oxygens (including phenoxy) is 1. The van der Waals surface area contributed by atoms with Gasteiger partial charge in [-0.25, -0.2) is 4.79 Å². The first-order valence-corrected chi connectivity index (χ1v) is 10.4. The zero-order valence-corrected chi connectivity index (χ0v) is 17.9. The first-order valence-electron chi connectivity index (χ1n) is 10.4. The van der Waals surface area contributed by atoms with Gasteiger partial charge in [0.1, 0.15) is 11.9 Å². The Morgan fingerprint density at radius 2 is 1.76 bits per heavy atom. The number of non-ortho nitro benzene ring substituents is 1. The number of carboxylic acids is 1. The molecule has 4 rings (SSSR count). The number of halogens is 3. The van der Waals surface area contributed by atoms with Crippen molar-refractivity contribution >= 4 is 22.4 Å². The van der Waals surface area contributed by atoms with Crippen LogP contribution in [0.2, 0.25) is 0 Å². The molecule has 1 aliphatic heterocycles. The van der Waals surface area contributed by atoms with Crippen LogP contribution in [-0.4, -0.2) is 51.3 Å². The van der Waals surface area contributed by atoms with Crippen molar-refractivity contribution in [1.29, 1.82) is 0 Å². The number of likely N-dealkylation sites (tertiary alicyclic amines) is 1. The molecule has 8 nitrogen and oxygen atoms in total. The molecule has 34 heavy (non-hydrogen) atoms. The fraction of sp³-hybridized carbons (Fsp3) is 0.304. The number of nitro benzene ring substituents is 1. The van der Waals surface area contributed by atoms with E-state index in [1.54, 1.807) is 18.3 Å². The summed E-state index contributed by atoms with van der Waals surface area (Å²) in [6.07, 6.45) is 0.735. The predicted octanol–water partition coefficient (Wildman–Crippen LogP) is 4.82. The smallest absolute Gasteiger partial charge is 0.490 e. The molecule has 1 saturated heterocycles. The Balaban J connectivity index is 0.000000406. The van der Waals surface area contributed by atoms with E-state index in [0.717, 1.165) is 54.6 Å². The number of carbonyl (C=O) groups is 1. The van der Waals surface area contributed by atoms with Crippen LogP contribution in [0.4, 0.5) is 18.9 Å². The third kappa shape index (κ3) is 7.14. The predicted molar refractivity (Wildman–Crippen MR) is 117 cm³/mol. The summed E-state index contributed by atoms with van der Waals surface area (Å²) in [4.78, 5) is 25.8. The average Bonchev–Trinajstić information content (AvgIpc) is 2.80. The summed E-state index contributed by atoms with van der Waals surface area (Å²) in [6.45, 7) is 2.73. The van der Waals surface area contributed by atoms with Gasteiger partial charge in [0, 0.05) is 49.5 Å². The van der Waals surface area contributed by atoms with Gasteiger partial charge < -0.3 is 9.84 Å². The van der Waals surface area contributed by atoms with E-state index in [1.165, 1.54) is 0 Å². The van der Waals surface area contributed by atoms with E-state index in [-0.39, 0.29) is 16.7 Å². The van der Waals surface area contributed by atoms with Crippen molar-refractivity contribution in [1.82, 2.24) is 9.88 Å². The van der Waals surface area contributed by atoms with Crippen molar-refractivity contribution in [3.8, 4) is 5.75 Å². The Bertz CT molecular complexity index is 1130. The molecule has 2 aromatic carbocycles. The van der Waals surface area contributed by atoms with Crippen LogP contribution in [-0.2, 0) is 11.3 Å². The van der Waals surface area contributed by atoms with Crippen LogP contribution < -0.4 is 4.74 Å². The van der Waals surface area contributed by atoms with Crippen molar-refractivity contribution < 1.29 is 32.7 Å². The van der Waals surface area contributed by atoms with E-state index in [1.807, 2.05) is 36.5 Å². The summed E-state index contributed by atoms with van der Waals surface area (Å²) < 4.78 is 37.9. The normalized spacial score (nSPS) is 14.8. The molecule has 0 aliphatic carbocycles. The molecule has 0 amide bonds. The SMILES string of the molecule is O=C(O)C(F)(F)F.O=[N+]([O-])c1ccc(CN2CCC(Oc3ccc4cnccc4c3)CC2)cc1. The van der Waals surface area contributed by atoms with Crippen molar-refractivity contribution in [2.24, 2.45) is 0 Å². The van der Waals surface area contributed by atoms with Crippen molar-refractivity contribution in [2.45, 2.75) is 31.7 Å². The summed E-state index contributed by atoms with van der Waals surface area (Å²) in [5, 5.41) is 20.1. The fourth-order valence-corrected chi connectivity index (χ4v) is 3.49. The molecule has 11 heteroatoms. The third-order valence-corrected chi connectivity index (χ3v) is 5.25. The molecular weight excluding hydrogens is 455 g/mol. The van der Waals surface area contributed by atoms with Gasteiger partial charge in [-0.15, -0.1) is 0 Å². The number of nitrogens with zero attached hydrogens (tertiary/aromatic N) is 3. The highest BCUT2D eigenvalue weighted by atomic mass is 19.4. The van der Waals surface area contributed by atoms with Crippen LogP contribution in [0.15, 0.2) is 60.9 Å². The summed E-state index contributed by atoms with van der Waals surface area (Å²) >= 11 is 0. The van der Waals surface area contributed by atoms with E-state index in [2.05, 4.69) is 16.0 Å². The minimum absolute atomic E-state index is 0.136. The molecule has 0 bridgehead atoms. The van der Waals surface area contributed by atoms with E-state index in [9.17, 15) is 23.3 Å². The van der Waals surface area contributed by atoms with Crippen molar-refractivity contribution in [2.75, 3.05) is 13.1 Å². The summed E-state index contributed by atoms with van der Waals surface area (Å²) in [6, 6.07) is 14.9. The second kappa shape index (κ2) is 10.9. The molecule has 1 fully saturated rings. The molecule has 0 saturated carbocycles. The molecule has 0 unspecified atom stereocenters. The highest BCUT2D eigenvalue weighted by Crippen LogP contribution is 2.24. The maximum Gasteiger partial charge on any atom is 0.490 e. The number of nitro groups is 1. The van der Waals surface area contributed by atoms with E-state index in [0.29, 0.717) is 0 Å². The zero-order valence-electron chi connectivity index (χ0n) is 17.9. The van der Waals surface area contributed by atoms with Crippen LogP contribution >= 0.6 is 0 Å². The van der Waals surface area contributed by atoms with Gasteiger partial charge >= 0.3 is 12.1 Å². The molecule has 0 radical (unpaired) electrons. The zero-order chi connectivity index (χ0) is 24.7. The molecule has 1 aliphatic rings. The summed E-state index contributed by atoms with van der Waals surface area (Å²) in [5.41, 5.74) is 1.24. The topological polar surface area (TPSA) is 106 Å². The van der Waals surface area contributed by atoms with Gasteiger partial charge in [0.25, 0.3) is 5.69 Å². The van der Waals surface area contributed by atoms with Crippen molar-refractivity contribution in [3.63, 3.8) is 0 Å². The summed E-state index contributed by atoms with van der Waals surface area (Å²) in [7, 11) is 0. The Morgan fingerprint density at radius 3 is 2.35 bits per heavy atom. The number of fused-ring (bicyclic) bond motifs is 1. The average molecular weight is 477 g/mol. The van der Waals surface area contributed by atoms with Gasteiger partial charge in [-0.3, -0.25) is 20.0 Å². The molecule has 0 spiro atoms. The van der Waals surface area contributed by atoms with E-state index in [4.69, 9.17) is 14.6 Å². The lowest BCUT2D eigenvalue weighted by atomic mass is 10.1. The van der Waals surface area contributed by atoms with Crippen LogP contribution in [0.25, 0.3) is 10.8 Å². The molecule has 180 valence electrons. The van der Waals surface area contributed by atoms with Crippen molar-refractivity contribution in [3.05, 3.63) is 76.6 Å². The monoisotopic (exact) mass is 477 g/mol. The second-order valence-electron chi connectivity index (χ2n) is 7.70. The number of rotatable bonds is 5. The molecule has 1 N–H and O–H groups in total. The minimum atomic E-state index is -5.08. The standard InChI is InChI=1S/C21H21N3O3.C2HF3O2/c25-24(26)19-4-1-16(2-5-19)15-23-11-8-20(9-12-23)27-21-6-3-18-14-22-10-7-17(18)13-21;3-2(4,5)1(6)7/h1-7,10,13-14,20H,8-9,11-12,15H2;(H,6,7). The number of hydrogen-bond acceptors (Lipinski definition) is 6. The number of aromatic nitrogens is 1. The van der Waals surface area contributed by atoms with Crippen LogP contribution in [0.1, 0.15) is 18.4 Å². The fourth-order valence-electron chi connectivity index (χ4n) is 3.49. The number of piperidine rings is 1. The Hall–Kier alpha value is -3.73. The van der Waals surface area contributed by atoms with E-state index < -0.39 is 12.1 Å². The minimum Gasteiger partial charge on any atom is -0.490 e. The number of benzene rings is 2. The Labute approximate surface area is 192 Å². The first-order chi connectivity index (χ1) is 16.1. The van der Waals surface area contributed by atoms with Crippen LogP contribution in [0, 0.1) is 10.1 Å². The number of alkyl halides is 3. The maximum atomic E-state index is 10.7. The lowest BCUT2D eigenvalue weighted by Crippen LogP contribution is -2.37. The number of hydrogen-bond donors (Lipinski definition) is 1. The van der Waals surface area contributed by atoms with Crippen LogP contribution in [0.3, 0.4) is 0 Å². The van der Waals surface area contributed by atoms with Gasteiger partial charge in [-0.05, 0) is 48.1 Å². The lowest BCUT2D eigenvalue weighted by Gasteiger charge is -2.32. The second-order valence-corrected chi connectivity index (χ2v) is 7.70. The largest absolute Gasteiger partial charge is 0.490 e. The van der Waals surface area contributed by atoms with Gasteiger partial charge in [0.05, 0.1) is 4.92 Å². The molecular formula is C23H22F3N3O5. The van der Waals surface area contributed by atoms with Gasteiger partial charge in [-0.1, -0.05) is 12.1 Å². The van der Waals surface area contributed by atoms with Gasteiger partial charge in [0.2, 0.25) is 0 Å². The first kappa shape index (κ1) is 24.9. The van der Waals surface area contributed by atoms with Gasteiger partial charge in [0.15, 0.2) is 0 Å². The molecule has 0 atom stereocenters. The third-order valence-electron chi connectivity index (χ3n) is 5.25. The lowest BCUT2D eigenvalue weighted by molar-refractivity contribution is -0.384. The molecule has 3 aromatic rings. The summed E-state index contributed by atoms with van der Waals surface area (Å²) in [5.74, 6) is -1.85. The van der Waals surface area contributed by atoms with E-state index >= 15 is 0 Å². The van der Waals surface area contributed by atoms with Crippen LogP contribution in [0.5, 0.6) is 5.75 Å². The Kier molecular flexibility index (Phi) is 8.00. The number of aliphatic carboxylic acids is 1. The number of carboxylic acid groups (broad SMARTS) is 1.